The highest BCUT2D eigenvalue weighted by molar-refractivity contribution is 7.13. The fourth-order valence-electron chi connectivity index (χ4n) is 2.90. The highest BCUT2D eigenvalue weighted by atomic mass is 32.1. The maximum absolute atomic E-state index is 13.9. The van der Waals surface area contributed by atoms with Crippen LogP contribution in [0.25, 0.3) is 0 Å². The Labute approximate surface area is 142 Å². The van der Waals surface area contributed by atoms with Crippen molar-refractivity contribution in [2.45, 2.75) is 25.2 Å². The molecule has 0 bridgehead atoms. The molecule has 1 saturated carbocycles. The third-order valence-electron chi connectivity index (χ3n) is 4.39. The van der Waals surface area contributed by atoms with Crippen LogP contribution >= 0.6 is 11.3 Å². The Morgan fingerprint density at radius 2 is 2.12 bits per heavy atom. The van der Waals surface area contributed by atoms with Crippen molar-refractivity contribution in [3.05, 3.63) is 41.2 Å². The van der Waals surface area contributed by atoms with E-state index in [1.54, 1.807) is 18.2 Å². The molecule has 2 aromatic rings. The van der Waals surface area contributed by atoms with Crippen molar-refractivity contribution in [3.8, 4) is 0 Å². The summed E-state index contributed by atoms with van der Waals surface area (Å²) in [5.74, 6) is -0.889. The Hall–Kier alpha value is -2.28. The van der Waals surface area contributed by atoms with Gasteiger partial charge in [0.1, 0.15) is 5.82 Å². The molecule has 7 heteroatoms. The number of benzene rings is 1. The first-order valence-electron chi connectivity index (χ1n) is 7.93. The zero-order chi connectivity index (χ0) is 16.7. The summed E-state index contributed by atoms with van der Waals surface area (Å²) in [5.41, 5.74) is 1.26. The van der Waals surface area contributed by atoms with Crippen molar-refractivity contribution in [1.29, 1.82) is 0 Å². The van der Waals surface area contributed by atoms with Crippen LogP contribution in [-0.2, 0) is 9.59 Å². The summed E-state index contributed by atoms with van der Waals surface area (Å²) in [6.07, 6.45) is 2.40. The van der Waals surface area contributed by atoms with Gasteiger partial charge in [0, 0.05) is 24.3 Å². The Bertz CT molecular complexity index is 803. The molecule has 2 amide bonds. The minimum atomic E-state index is -0.495. The summed E-state index contributed by atoms with van der Waals surface area (Å²) in [6, 6.07) is 6.11. The van der Waals surface area contributed by atoms with Gasteiger partial charge in [-0.2, -0.15) is 0 Å². The Morgan fingerprint density at radius 3 is 2.88 bits per heavy atom. The van der Waals surface area contributed by atoms with Crippen LogP contribution in [0.4, 0.5) is 15.2 Å². The SMILES string of the molecule is O=C(Nc1nc(C2CC2)cs1)[C@@H]1CC(=O)N(c2ccccc2F)C1. The highest BCUT2D eigenvalue weighted by Crippen LogP contribution is 2.41. The van der Waals surface area contributed by atoms with Gasteiger partial charge in [-0.3, -0.25) is 9.59 Å². The van der Waals surface area contributed by atoms with Gasteiger partial charge in [0.15, 0.2) is 5.13 Å². The maximum atomic E-state index is 13.9. The summed E-state index contributed by atoms with van der Waals surface area (Å²) in [5, 5.41) is 5.33. The summed E-state index contributed by atoms with van der Waals surface area (Å²) in [7, 11) is 0. The summed E-state index contributed by atoms with van der Waals surface area (Å²) in [6.45, 7) is 0.187. The highest BCUT2D eigenvalue weighted by Gasteiger charge is 2.36. The van der Waals surface area contributed by atoms with E-state index in [0.29, 0.717) is 11.0 Å². The minimum absolute atomic E-state index is 0.0844. The largest absolute Gasteiger partial charge is 0.309 e. The molecule has 1 saturated heterocycles. The first kappa shape index (κ1) is 15.3. The van der Waals surface area contributed by atoms with Crippen LogP contribution in [-0.4, -0.2) is 23.3 Å². The van der Waals surface area contributed by atoms with E-state index in [9.17, 15) is 14.0 Å². The summed E-state index contributed by atoms with van der Waals surface area (Å²) in [4.78, 5) is 30.3. The number of halogens is 1. The van der Waals surface area contributed by atoms with Crippen LogP contribution < -0.4 is 10.2 Å². The molecule has 2 heterocycles. The lowest BCUT2D eigenvalue weighted by molar-refractivity contribution is -0.122. The lowest BCUT2D eigenvalue weighted by Gasteiger charge is -2.17. The average molecular weight is 345 g/mol. The van der Waals surface area contributed by atoms with Crippen LogP contribution in [0.5, 0.6) is 0 Å². The lowest BCUT2D eigenvalue weighted by Crippen LogP contribution is -2.28. The molecular formula is C17H16FN3O2S. The molecule has 4 rings (SSSR count). The van der Waals surface area contributed by atoms with Gasteiger partial charge >= 0.3 is 0 Å². The van der Waals surface area contributed by atoms with Gasteiger partial charge in [-0.25, -0.2) is 9.37 Å². The molecule has 0 unspecified atom stereocenters. The number of amides is 2. The minimum Gasteiger partial charge on any atom is -0.309 e. The molecule has 5 nitrogen and oxygen atoms in total. The van der Waals surface area contributed by atoms with Gasteiger partial charge in [0.2, 0.25) is 11.8 Å². The first-order valence-corrected chi connectivity index (χ1v) is 8.81. The predicted molar refractivity (Wildman–Crippen MR) is 89.6 cm³/mol. The van der Waals surface area contributed by atoms with E-state index in [1.807, 2.05) is 5.38 Å². The van der Waals surface area contributed by atoms with Crippen molar-refractivity contribution < 1.29 is 14.0 Å². The normalized spacial score (nSPS) is 20.5. The fourth-order valence-corrected chi connectivity index (χ4v) is 3.70. The molecule has 1 atom stereocenters. The Kier molecular flexibility index (Phi) is 3.80. The van der Waals surface area contributed by atoms with E-state index < -0.39 is 11.7 Å². The molecule has 1 aliphatic heterocycles. The predicted octanol–water partition coefficient (Wildman–Crippen LogP) is 3.15. The number of nitrogens with one attached hydrogen (secondary N) is 1. The number of thiazole rings is 1. The van der Waals surface area contributed by atoms with E-state index in [-0.39, 0.29) is 30.5 Å². The van der Waals surface area contributed by atoms with Crippen molar-refractivity contribution in [3.63, 3.8) is 0 Å². The molecule has 1 aromatic heterocycles. The zero-order valence-corrected chi connectivity index (χ0v) is 13.7. The summed E-state index contributed by atoms with van der Waals surface area (Å²) < 4.78 is 13.9. The van der Waals surface area contributed by atoms with Crippen molar-refractivity contribution in [2.24, 2.45) is 5.92 Å². The molecule has 1 N–H and O–H groups in total. The van der Waals surface area contributed by atoms with Gasteiger partial charge in [-0.1, -0.05) is 12.1 Å². The molecule has 2 fully saturated rings. The fraction of sp³-hybridized carbons (Fsp3) is 0.353. The van der Waals surface area contributed by atoms with Crippen molar-refractivity contribution in [2.75, 3.05) is 16.8 Å². The van der Waals surface area contributed by atoms with Gasteiger partial charge in [0.05, 0.1) is 17.3 Å². The molecule has 0 radical (unpaired) electrons. The third-order valence-corrected chi connectivity index (χ3v) is 5.16. The van der Waals surface area contributed by atoms with Crippen molar-refractivity contribution in [1.82, 2.24) is 4.98 Å². The van der Waals surface area contributed by atoms with Crippen molar-refractivity contribution >= 4 is 34.0 Å². The van der Waals surface area contributed by atoms with E-state index in [2.05, 4.69) is 10.3 Å². The van der Waals surface area contributed by atoms with Crippen LogP contribution in [0, 0.1) is 11.7 Å². The number of carbonyl (C=O) groups is 2. The van der Waals surface area contributed by atoms with E-state index >= 15 is 0 Å². The topological polar surface area (TPSA) is 62.3 Å². The monoisotopic (exact) mass is 345 g/mol. The quantitative estimate of drug-likeness (QED) is 0.926. The molecule has 2 aliphatic rings. The molecule has 1 aliphatic carbocycles. The molecule has 1 aromatic carbocycles. The number of hydrogen-bond donors (Lipinski definition) is 1. The Balaban J connectivity index is 1.44. The number of carbonyl (C=O) groups excluding carboxylic acids is 2. The number of hydrogen-bond acceptors (Lipinski definition) is 4. The van der Waals surface area contributed by atoms with Gasteiger partial charge < -0.3 is 10.2 Å². The third kappa shape index (κ3) is 2.91. The molecular weight excluding hydrogens is 329 g/mol. The number of para-hydroxylation sites is 1. The smallest absolute Gasteiger partial charge is 0.231 e. The lowest BCUT2D eigenvalue weighted by atomic mass is 10.1. The standard InChI is InChI=1S/C17H16FN3O2S/c18-12-3-1-2-4-14(12)21-8-11(7-15(21)22)16(23)20-17-19-13(9-24-17)10-5-6-10/h1-4,9-11H,5-8H2,(H,19,20,23)/t11-/m1/s1. The average Bonchev–Trinajstić information content (AvgIpc) is 3.19. The Morgan fingerprint density at radius 1 is 1.33 bits per heavy atom. The van der Waals surface area contributed by atoms with Crippen LogP contribution in [0.15, 0.2) is 29.6 Å². The zero-order valence-electron chi connectivity index (χ0n) is 12.9. The van der Waals surface area contributed by atoms with Gasteiger partial charge in [-0.15, -0.1) is 11.3 Å². The van der Waals surface area contributed by atoms with Crippen LogP contribution in [0.3, 0.4) is 0 Å². The first-order chi connectivity index (χ1) is 11.6. The van der Waals surface area contributed by atoms with Gasteiger partial charge in [-0.05, 0) is 25.0 Å². The second-order valence-corrected chi connectivity index (χ2v) is 7.06. The van der Waals surface area contributed by atoms with E-state index in [1.165, 1.54) is 22.3 Å². The van der Waals surface area contributed by atoms with Gasteiger partial charge in [0.25, 0.3) is 0 Å². The number of nitrogens with zero attached hydrogens (tertiary/aromatic N) is 2. The molecule has 24 heavy (non-hydrogen) atoms. The van der Waals surface area contributed by atoms with E-state index in [4.69, 9.17) is 0 Å². The van der Waals surface area contributed by atoms with E-state index in [0.717, 1.165) is 18.5 Å². The number of anilines is 2. The molecule has 0 spiro atoms. The summed E-state index contributed by atoms with van der Waals surface area (Å²) >= 11 is 1.40. The van der Waals surface area contributed by atoms with Crippen LogP contribution in [0.2, 0.25) is 0 Å². The maximum Gasteiger partial charge on any atom is 0.231 e. The number of aromatic nitrogens is 1. The van der Waals surface area contributed by atoms with Crippen LogP contribution in [0.1, 0.15) is 30.9 Å². The molecule has 124 valence electrons. The number of rotatable bonds is 4. The second kappa shape index (κ2) is 5.98. The second-order valence-electron chi connectivity index (χ2n) is 6.20.